The second-order valence-electron chi connectivity index (χ2n) is 5.30. The van der Waals surface area contributed by atoms with Crippen LogP contribution in [0.5, 0.6) is 0 Å². The monoisotopic (exact) mass is 296 g/mol. The summed E-state index contributed by atoms with van der Waals surface area (Å²) in [6.07, 6.45) is 0. The molecule has 112 valence electrons. The predicted molar refractivity (Wildman–Crippen MR) is 86.9 cm³/mol. The van der Waals surface area contributed by atoms with Gasteiger partial charge in [0.15, 0.2) is 0 Å². The van der Waals surface area contributed by atoms with Gasteiger partial charge in [0.25, 0.3) is 0 Å². The fraction of sp³-hybridized carbons (Fsp3) is 0.176. The van der Waals surface area contributed by atoms with Crippen LogP contribution in [0.15, 0.2) is 36.4 Å². The second kappa shape index (κ2) is 6.27. The summed E-state index contributed by atoms with van der Waals surface area (Å²) in [5.41, 5.74) is 8.76. The SMILES string of the molecule is CC(C)C(=N)c1ccc(Nc2ccc(C#N)cc2F)cc1N. The normalized spacial score (nSPS) is 10.3. The minimum atomic E-state index is -0.503. The number of nitrogens with zero attached hydrogens (tertiary/aromatic N) is 1. The van der Waals surface area contributed by atoms with Crippen molar-refractivity contribution >= 4 is 22.8 Å². The van der Waals surface area contributed by atoms with E-state index in [-0.39, 0.29) is 17.2 Å². The Morgan fingerprint density at radius 1 is 1.27 bits per heavy atom. The Labute approximate surface area is 128 Å². The van der Waals surface area contributed by atoms with E-state index in [1.807, 2.05) is 19.9 Å². The summed E-state index contributed by atoms with van der Waals surface area (Å²) in [4.78, 5) is 0. The Bertz CT molecular complexity index is 760. The molecule has 0 heterocycles. The van der Waals surface area contributed by atoms with Gasteiger partial charge in [-0.25, -0.2) is 4.39 Å². The quantitative estimate of drug-likeness (QED) is 0.587. The number of anilines is 3. The smallest absolute Gasteiger partial charge is 0.147 e. The third-order valence-corrected chi connectivity index (χ3v) is 3.30. The molecule has 2 rings (SSSR count). The molecule has 22 heavy (non-hydrogen) atoms. The number of benzene rings is 2. The molecule has 0 aliphatic carbocycles. The van der Waals surface area contributed by atoms with Gasteiger partial charge < -0.3 is 16.5 Å². The number of nitrogen functional groups attached to an aromatic ring is 1. The lowest BCUT2D eigenvalue weighted by molar-refractivity contribution is 0.631. The molecule has 5 heteroatoms. The average molecular weight is 296 g/mol. The summed E-state index contributed by atoms with van der Waals surface area (Å²) < 4.78 is 13.9. The molecule has 0 unspecified atom stereocenters. The third kappa shape index (κ3) is 3.23. The summed E-state index contributed by atoms with van der Waals surface area (Å²) >= 11 is 0. The number of halogens is 1. The van der Waals surface area contributed by atoms with Crippen molar-refractivity contribution in [1.29, 1.82) is 10.7 Å². The summed E-state index contributed by atoms with van der Waals surface area (Å²) in [7, 11) is 0. The standard InChI is InChI=1S/C17H17FN4/c1-10(2)17(21)13-5-4-12(8-15(13)20)22-16-6-3-11(9-19)7-14(16)18/h3-8,10,21-22H,20H2,1-2H3. The van der Waals surface area contributed by atoms with Crippen molar-refractivity contribution in [1.82, 2.24) is 0 Å². The van der Waals surface area contributed by atoms with Crippen molar-refractivity contribution in [2.75, 3.05) is 11.1 Å². The number of hydrogen-bond acceptors (Lipinski definition) is 4. The Morgan fingerprint density at radius 2 is 2.00 bits per heavy atom. The van der Waals surface area contributed by atoms with E-state index in [9.17, 15) is 4.39 Å². The molecule has 0 aromatic heterocycles. The molecule has 4 N–H and O–H groups in total. The number of nitrogens with two attached hydrogens (primary N) is 1. The third-order valence-electron chi connectivity index (χ3n) is 3.30. The Kier molecular flexibility index (Phi) is 4.42. The molecule has 0 atom stereocenters. The van der Waals surface area contributed by atoms with Crippen molar-refractivity contribution in [2.24, 2.45) is 5.92 Å². The van der Waals surface area contributed by atoms with Gasteiger partial charge in [-0.15, -0.1) is 0 Å². The van der Waals surface area contributed by atoms with Gasteiger partial charge in [-0.05, 0) is 42.3 Å². The first kappa shape index (κ1) is 15.5. The van der Waals surface area contributed by atoms with Gasteiger partial charge >= 0.3 is 0 Å². The fourth-order valence-corrected chi connectivity index (χ4v) is 2.04. The zero-order valence-corrected chi connectivity index (χ0v) is 12.4. The lowest BCUT2D eigenvalue weighted by Crippen LogP contribution is -2.10. The van der Waals surface area contributed by atoms with Crippen LogP contribution < -0.4 is 11.1 Å². The topological polar surface area (TPSA) is 85.7 Å². The minimum Gasteiger partial charge on any atom is -0.398 e. The molecule has 4 nitrogen and oxygen atoms in total. The lowest BCUT2D eigenvalue weighted by Gasteiger charge is -2.13. The zero-order valence-electron chi connectivity index (χ0n) is 12.4. The zero-order chi connectivity index (χ0) is 16.3. The van der Waals surface area contributed by atoms with Crippen LogP contribution in [0.2, 0.25) is 0 Å². The maximum atomic E-state index is 13.9. The van der Waals surface area contributed by atoms with Crippen molar-refractivity contribution < 1.29 is 4.39 Å². The molecule has 0 fully saturated rings. The van der Waals surface area contributed by atoms with Gasteiger partial charge in [0.1, 0.15) is 5.82 Å². The van der Waals surface area contributed by atoms with Gasteiger partial charge in [0, 0.05) is 22.6 Å². The maximum Gasteiger partial charge on any atom is 0.147 e. The van der Waals surface area contributed by atoms with E-state index >= 15 is 0 Å². The van der Waals surface area contributed by atoms with Crippen LogP contribution in [0.4, 0.5) is 21.5 Å². The van der Waals surface area contributed by atoms with Crippen molar-refractivity contribution in [3.05, 3.63) is 53.3 Å². The number of hydrogen-bond donors (Lipinski definition) is 3. The highest BCUT2D eigenvalue weighted by Crippen LogP contribution is 2.25. The van der Waals surface area contributed by atoms with Crippen LogP contribution in [0.3, 0.4) is 0 Å². The molecule has 0 aliphatic heterocycles. The molecule has 2 aromatic carbocycles. The van der Waals surface area contributed by atoms with Crippen LogP contribution in [-0.4, -0.2) is 5.71 Å². The highest BCUT2D eigenvalue weighted by Gasteiger charge is 2.11. The molecule has 0 saturated carbocycles. The first-order valence-corrected chi connectivity index (χ1v) is 6.87. The molecule has 2 aromatic rings. The molecule has 0 bridgehead atoms. The van der Waals surface area contributed by atoms with Gasteiger partial charge in [0.2, 0.25) is 0 Å². The fourth-order valence-electron chi connectivity index (χ4n) is 2.04. The Morgan fingerprint density at radius 3 is 2.55 bits per heavy atom. The van der Waals surface area contributed by atoms with Gasteiger partial charge in [-0.2, -0.15) is 5.26 Å². The van der Waals surface area contributed by atoms with Crippen LogP contribution in [0.25, 0.3) is 0 Å². The van der Waals surface area contributed by atoms with Crippen LogP contribution in [0, 0.1) is 28.5 Å². The van der Waals surface area contributed by atoms with E-state index in [1.165, 1.54) is 18.2 Å². The summed E-state index contributed by atoms with van der Waals surface area (Å²) in [6, 6.07) is 11.3. The largest absolute Gasteiger partial charge is 0.398 e. The molecule has 0 spiro atoms. The lowest BCUT2D eigenvalue weighted by atomic mass is 9.98. The van der Waals surface area contributed by atoms with E-state index in [1.54, 1.807) is 18.2 Å². The van der Waals surface area contributed by atoms with Gasteiger partial charge in [0.05, 0.1) is 17.3 Å². The van der Waals surface area contributed by atoms with Gasteiger partial charge in [-0.3, -0.25) is 0 Å². The van der Waals surface area contributed by atoms with Gasteiger partial charge in [-0.1, -0.05) is 13.8 Å². The first-order chi connectivity index (χ1) is 10.4. The Balaban J connectivity index is 2.27. The molecular weight excluding hydrogens is 279 g/mol. The van der Waals surface area contributed by atoms with Crippen molar-refractivity contribution in [2.45, 2.75) is 13.8 Å². The van der Waals surface area contributed by atoms with E-state index in [2.05, 4.69) is 5.32 Å². The van der Waals surface area contributed by atoms with Crippen molar-refractivity contribution in [3.63, 3.8) is 0 Å². The average Bonchev–Trinajstić information content (AvgIpc) is 2.48. The molecule has 0 radical (unpaired) electrons. The first-order valence-electron chi connectivity index (χ1n) is 6.87. The highest BCUT2D eigenvalue weighted by molar-refractivity contribution is 6.04. The summed E-state index contributed by atoms with van der Waals surface area (Å²) in [6.45, 7) is 3.86. The number of rotatable bonds is 4. The number of nitriles is 1. The second-order valence-corrected chi connectivity index (χ2v) is 5.30. The van der Waals surface area contributed by atoms with E-state index in [0.29, 0.717) is 22.6 Å². The van der Waals surface area contributed by atoms with E-state index in [0.717, 1.165) is 0 Å². The minimum absolute atomic E-state index is 0.0806. The summed E-state index contributed by atoms with van der Waals surface area (Å²) in [5.74, 6) is -0.422. The maximum absolute atomic E-state index is 13.9. The highest BCUT2D eigenvalue weighted by atomic mass is 19.1. The summed E-state index contributed by atoms with van der Waals surface area (Å²) in [5, 5.41) is 19.7. The van der Waals surface area contributed by atoms with Crippen LogP contribution in [0.1, 0.15) is 25.0 Å². The molecule has 0 saturated heterocycles. The van der Waals surface area contributed by atoms with Crippen LogP contribution >= 0.6 is 0 Å². The van der Waals surface area contributed by atoms with Crippen molar-refractivity contribution in [3.8, 4) is 6.07 Å². The van der Waals surface area contributed by atoms with E-state index < -0.39 is 5.82 Å². The predicted octanol–water partition coefficient (Wildman–Crippen LogP) is 4.05. The van der Waals surface area contributed by atoms with E-state index in [4.69, 9.17) is 16.4 Å². The number of nitrogens with one attached hydrogen (secondary N) is 2. The Hall–Kier alpha value is -2.87. The molecular formula is C17H17FN4. The van der Waals surface area contributed by atoms with Crippen LogP contribution in [-0.2, 0) is 0 Å². The molecule has 0 amide bonds. The molecule has 0 aliphatic rings.